The number of benzene rings is 3. The van der Waals surface area contributed by atoms with Gasteiger partial charge in [0.2, 0.25) is 0 Å². The maximum atomic E-state index is 13.5. The summed E-state index contributed by atoms with van der Waals surface area (Å²) in [5.41, 5.74) is 3.50. The first kappa shape index (κ1) is 19.8. The molecule has 0 fully saturated rings. The van der Waals surface area contributed by atoms with Crippen LogP contribution in [0.3, 0.4) is 0 Å². The van der Waals surface area contributed by atoms with Crippen molar-refractivity contribution in [3.8, 4) is 10.6 Å². The van der Waals surface area contributed by atoms with Crippen molar-refractivity contribution in [1.29, 1.82) is 0 Å². The van der Waals surface area contributed by atoms with E-state index in [0.29, 0.717) is 16.3 Å². The average Bonchev–Trinajstić information content (AvgIpc) is 3.06. The predicted molar refractivity (Wildman–Crippen MR) is 117 cm³/mol. The monoisotopic (exact) mass is 446 g/mol. The molecule has 0 spiro atoms. The van der Waals surface area contributed by atoms with E-state index in [1.54, 1.807) is 19.1 Å². The summed E-state index contributed by atoms with van der Waals surface area (Å²) >= 11 is 7.95. The fraction of sp³-hybridized carbons (Fsp3) is 0.0952. The summed E-state index contributed by atoms with van der Waals surface area (Å²) in [6.07, 6.45) is 0. The third kappa shape index (κ3) is 3.99. The molecule has 0 saturated carbocycles. The molecule has 4 rings (SSSR count). The molecule has 29 heavy (non-hydrogen) atoms. The van der Waals surface area contributed by atoms with Crippen molar-refractivity contribution < 1.29 is 12.8 Å². The first-order chi connectivity index (χ1) is 13.7. The van der Waals surface area contributed by atoms with E-state index >= 15 is 0 Å². The quantitative estimate of drug-likeness (QED) is 0.407. The molecule has 0 atom stereocenters. The maximum Gasteiger partial charge on any atom is 0.262 e. The fourth-order valence-corrected chi connectivity index (χ4v) is 5.71. The van der Waals surface area contributed by atoms with Gasteiger partial charge in [0.05, 0.1) is 25.8 Å². The Hall–Kier alpha value is -2.48. The molecule has 0 saturated heterocycles. The van der Waals surface area contributed by atoms with E-state index in [4.69, 9.17) is 11.6 Å². The van der Waals surface area contributed by atoms with Gasteiger partial charge in [-0.3, -0.25) is 4.72 Å². The highest BCUT2D eigenvalue weighted by molar-refractivity contribution is 7.92. The molecule has 0 aliphatic carbocycles. The topological polar surface area (TPSA) is 59.1 Å². The van der Waals surface area contributed by atoms with Crippen LogP contribution in [-0.2, 0) is 10.0 Å². The molecule has 0 amide bonds. The summed E-state index contributed by atoms with van der Waals surface area (Å²) in [5.74, 6) is -0.615. The second-order valence-electron chi connectivity index (χ2n) is 6.70. The van der Waals surface area contributed by atoms with E-state index in [1.165, 1.54) is 29.5 Å². The van der Waals surface area contributed by atoms with Gasteiger partial charge in [0.25, 0.3) is 10.0 Å². The smallest absolute Gasteiger partial charge is 0.262 e. The van der Waals surface area contributed by atoms with Gasteiger partial charge >= 0.3 is 0 Å². The number of nitrogens with zero attached hydrogens (tertiary/aromatic N) is 1. The lowest BCUT2D eigenvalue weighted by Gasteiger charge is -2.11. The molecule has 0 unspecified atom stereocenters. The fourth-order valence-electron chi connectivity index (χ4n) is 2.97. The third-order valence-electron chi connectivity index (χ3n) is 4.44. The van der Waals surface area contributed by atoms with Gasteiger partial charge in [-0.1, -0.05) is 23.7 Å². The number of fused-ring (bicyclic) bond motifs is 1. The SMILES string of the molecule is Cc1ccc2nc(-c3ccc(NS(=O)(=O)c4cc(F)ccc4C)cc3Cl)sc2c1. The first-order valence-electron chi connectivity index (χ1n) is 8.69. The Morgan fingerprint density at radius 1 is 1.03 bits per heavy atom. The van der Waals surface area contributed by atoms with E-state index < -0.39 is 15.8 Å². The maximum absolute atomic E-state index is 13.5. The summed E-state index contributed by atoms with van der Waals surface area (Å²) < 4.78 is 42.4. The lowest BCUT2D eigenvalue weighted by Crippen LogP contribution is -2.14. The zero-order valence-corrected chi connectivity index (χ0v) is 17.9. The van der Waals surface area contributed by atoms with Gasteiger partial charge in [-0.2, -0.15) is 0 Å². The van der Waals surface area contributed by atoms with Crippen LogP contribution in [0.5, 0.6) is 0 Å². The van der Waals surface area contributed by atoms with Crippen LogP contribution in [0.25, 0.3) is 20.8 Å². The van der Waals surface area contributed by atoms with Crippen LogP contribution in [0.1, 0.15) is 11.1 Å². The Morgan fingerprint density at radius 2 is 1.83 bits per heavy atom. The van der Waals surface area contributed by atoms with Gasteiger partial charge in [0.15, 0.2) is 0 Å². The number of aryl methyl sites for hydroxylation is 2. The second-order valence-corrected chi connectivity index (χ2v) is 9.79. The largest absolute Gasteiger partial charge is 0.280 e. The molecule has 1 heterocycles. The summed E-state index contributed by atoms with van der Waals surface area (Å²) in [5, 5.41) is 1.13. The molecule has 148 valence electrons. The highest BCUT2D eigenvalue weighted by atomic mass is 35.5. The average molecular weight is 447 g/mol. The van der Waals surface area contributed by atoms with Gasteiger partial charge in [-0.15, -0.1) is 11.3 Å². The molecule has 0 aliphatic heterocycles. The number of thiazole rings is 1. The van der Waals surface area contributed by atoms with Gasteiger partial charge in [-0.05, 0) is 67.4 Å². The number of anilines is 1. The summed E-state index contributed by atoms with van der Waals surface area (Å²) in [6.45, 7) is 3.63. The normalized spacial score (nSPS) is 11.7. The Labute approximate surface area is 177 Å². The number of hydrogen-bond acceptors (Lipinski definition) is 4. The van der Waals surface area contributed by atoms with Gasteiger partial charge < -0.3 is 0 Å². The van der Waals surface area contributed by atoms with Crippen LogP contribution in [0.2, 0.25) is 5.02 Å². The van der Waals surface area contributed by atoms with Crippen molar-refractivity contribution in [3.05, 3.63) is 76.6 Å². The number of aromatic nitrogens is 1. The van der Waals surface area contributed by atoms with Crippen LogP contribution in [-0.4, -0.2) is 13.4 Å². The number of sulfonamides is 1. The molecular weight excluding hydrogens is 431 g/mol. The molecule has 4 nitrogen and oxygen atoms in total. The molecule has 3 aromatic carbocycles. The highest BCUT2D eigenvalue weighted by Gasteiger charge is 2.19. The van der Waals surface area contributed by atoms with Crippen molar-refractivity contribution in [2.45, 2.75) is 18.7 Å². The Kier molecular flexibility index (Phi) is 5.06. The summed E-state index contributed by atoms with van der Waals surface area (Å²) in [4.78, 5) is 4.50. The molecule has 0 aliphatic rings. The van der Waals surface area contributed by atoms with E-state index in [1.807, 2.05) is 19.1 Å². The lowest BCUT2D eigenvalue weighted by atomic mass is 10.2. The minimum atomic E-state index is -3.95. The minimum absolute atomic E-state index is 0.112. The van der Waals surface area contributed by atoms with Crippen molar-refractivity contribution in [1.82, 2.24) is 4.98 Å². The lowest BCUT2D eigenvalue weighted by molar-refractivity contribution is 0.594. The summed E-state index contributed by atoms with van der Waals surface area (Å²) in [6, 6.07) is 14.5. The van der Waals surface area contributed by atoms with E-state index in [9.17, 15) is 12.8 Å². The zero-order valence-electron chi connectivity index (χ0n) is 15.5. The van der Waals surface area contributed by atoms with E-state index in [-0.39, 0.29) is 4.90 Å². The Morgan fingerprint density at radius 3 is 2.59 bits per heavy atom. The molecule has 1 N–H and O–H groups in total. The highest BCUT2D eigenvalue weighted by Crippen LogP contribution is 2.36. The van der Waals surface area contributed by atoms with Crippen molar-refractivity contribution >= 4 is 48.9 Å². The zero-order chi connectivity index (χ0) is 20.8. The third-order valence-corrected chi connectivity index (χ3v) is 7.32. The number of hydrogen-bond donors (Lipinski definition) is 1. The van der Waals surface area contributed by atoms with Crippen LogP contribution >= 0.6 is 22.9 Å². The van der Waals surface area contributed by atoms with Crippen molar-refractivity contribution in [2.75, 3.05) is 4.72 Å². The van der Waals surface area contributed by atoms with E-state index in [2.05, 4.69) is 15.8 Å². The molecule has 1 aromatic heterocycles. The molecule has 4 aromatic rings. The Balaban J connectivity index is 1.67. The molecule has 0 bridgehead atoms. The molecule has 0 radical (unpaired) electrons. The van der Waals surface area contributed by atoms with Crippen LogP contribution < -0.4 is 4.72 Å². The van der Waals surface area contributed by atoms with Gasteiger partial charge in [-0.25, -0.2) is 17.8 Å². The van der Waals surface area contributed by atoms with Crippen LogP contribution in [0, 0.1) is 19.7 Å². The van der Waals surface area contributed by atoms with Gasteiger partial charge in [0, 0.05) is 5.56 Å². The second kappa shape index (κ2) is 7.40. The number of nitrogens with one attached hydrogen (secondary N) is 1. The van der Waals surface area contributed by atoms with Crippen molar-refractivity contribution in [3.63, 3.8) is 0 Å². The molecule has 8 heteroatoms. The van der Waals surface area contributed by atoms with Crippen molar-refractivity contribution in [2.24, 2.45) is 0 Å². The minimum Gasteiger partial charge on any atom is -0.280 e. The molecular formula is C21H16ClFN2O2S2. The number of rotatable bonds is 4. The van der Waals surface area contributed by atoms with Gasteiger partial charge in [0.1, 0.15) is 10.8 Å². The number of halogens is 2. The Bertz CT molecular complexity index is 1350. The van der Waals surface area contributed by atoms with E-state index in [0.717, 1.165) is 32.4 Å². The first-order valence-corrected chi connectivity index (χ1v) is 11.4. The predicted octanol–water partition coefficient (Wildman–Crippen LogP) is 6.17. The van der Waals surface area contributed by atoms with Crippen LogP contribution in [0.4, 0.5) is 10.1 Å². The standard InChI is InChI=1S/C21H16ClFN2O2S2/c1-12-3-8-18-19(9-12)28-21(24-18)16-7-6-15(11-17(16)22)25-29(26,27)20-10-14(23)5-4-13(20)2/h3-11,25H,1-2H3. The summed E-state index contributed by atoms with van der Waals surface area (Å²) in [7, 11) is -3.95. The van der Waals surface area contributed by atoms with Crippen LogP contribution in [0.15, 0.2) is 59.5 Å².